The first kappa shape index (κ1) is 20.0. The second-order valence-corrected chi connectivity index (χ2v) is 6.86. The molecular formula is C18H28BrN3O3. The SMILES string of the molecule is CN=C(NCCOc1cccc(Br)c1)N1CCC(COCCOC)C1. The van der Waals surface area contributed by atoms with Gasteiger partial charge in [-0.3, -0.25) is 4.99 Å². The van der Waals surface area contributed by atoms with Crippen molar-refractivity contribution >= 4 is 21.9 Å². The summed E-state index contributed by atoms with van der Waals surface area (Å²) >= 11 is 3.44. The maximum atomic E-state index is 5.74. The molecule has 25 heavy (non-hydrogen) atoms. The summed E-state index contributed by atoms with van der Waals surface area (Å²) in [6, 6.07) is 7.86. The number of aliphatic imine (C=N–C) groups is 1. The van der Waals surface area contributed by atoms with Crippen LogP contribution in [0.1, 0.15) is 6.42 Å². The molecule has 1 aliphatic rings. The van der Waals surface area contributed by atoms with Crippen molar-refractivity contribution in [3.05, 3.63) is 28.7 Å². The average Bonchev–Trinajstić information content (AvgIpc) is 3.07. The Kier molecular flexibility index (Phi) is 9.07. The third kappa shape index (κ3) is 7.22. The van der Waals surface area contributed by atoms with E-state index in [9.17, 15) is 0 Å². The fourth-order valence-electron chi connectivity index (χ4n) is 2.77. The number of methoxy groups -OCH3 is 1. The average molecular weight is 414 g/mol. The van der Waals surface area contributed by atoms with Crippen LogP contribution in [0.25, 0.3) is 0 Å². The Morgan fingerprint density at radius 1 is 1.36 bits per heavy atom. The molecule has 140 valence electrons. The lowest BCUT2D eigenvalue weighted by molar-refractivity contribution is 0.0536. The van der Waals surface area contributed by atoms with Gasteiger partial charge in [0.15, 0.2) is 5.96 Å². The van der Waals surface area contributed by atoms with Gasteiger partial charge in [-0.2, -0.15) is 0 Å². The molecular weight excluding hydrogens is 386 g/mol. The molecule has 1 aliphatic heterocycles. The molecule has 2 rings (SSSR count). The summed E-state index contributed by atoms with van der Waals surface area (Å²) in [4.78, 5) is 6.66. The minimum Gasteiger partial charge on any atom is -0.492 e. The van der Waals surface area contributed by atoms with E-state index >= 15 is 0 Å². The van der Waals surface area contributed by atoms with Crippen LogP contribution >= 0.6 is 15.9 Å². The van der Waals surface area contributed by atoms with Crippen LogP contribution in [0, 0.1) is 5.92 Å². The molecule has 1 aromatic carbocycles. The first-order chi connectivity index (χ1) is 12.2. The fourth-order valence-corrected chi connectivity index (χ4v) is 3.15. The summed E-state index contributed by atoms with van der Waals surface area (Å²) in [6.07, 6.45) is 1.13. The number of likely N-dealkylation sites (tertiary alicyclic amines) is 1. The van der Waals surface area contributed by atoms with Crippen molar-refractivity contribution in [2.45, 2.75) is 6.42 Å². The molecule has 6 nitrogen and oxygen atoms in total. The van der Waals surface area contributed by atoms with E-state index in [2.05, 4.69) is 31.1 Å². The molecule has 1 unspecified atom stereocenters. The molecule has 1 saturated heterocycles. The van der Waals surface area contributed by atoms with E-state index in [1.807, 2.05) is 31.3 Å². The normalized spacial score (nSPS) is 17.8. The third-order valence-electron chi connectivity index (χ3n) is 4.03. The number of nitrogens with zero attached hydrogens (tertiary/aromatic N) is 2. The fraction of sp³-hybridized carbons (Fsp3) is 0.611. The Hall–Kier alpha value is -1.31. The number of nitrogens with one attached hydrogen (secondary N) is 1. The van der Waals surface area contributed by atoms with Gasteiger partial charge in [-0.25, -0.2) is 0 Å². The van der Waals surface area contributed by atoms with Gasteiger partial charge in [0.25, 0.3) is 0 Å². The molecule has 0 aromatic heterocycles. The highest BCUT2D eigenvalue weighted by Gasteiger charge is 2.24. The summed E-state index contributed by atoms with van der Waals surface area (Å²) in [7, 11) is 3.51. The third-order valence-corrected chi connectivity index (χ3v) is 4.53. The minimum absolute atomic E-state index is 0.549. The number of hydrogen-bond acceptors (Lipinski definition) is 4. The van der Waals surface area contributed by atoms with Gasteiger partial charge >= 0.3 is 0 Å². The summed E-state index contributed by atoms with van der Waals surface area (Å²) < 4.78 is 17.4. The topological polar surface area (TPSA) is 55.3 Å². The van der Waals surface area contributed by atoms with E-state index in [4.69, 9.17) is 14.2 Å². The number of guanidine groups is 1. The first-order valence-electron chi connectivity index (χ1n) is 8.63. The molecule has 0 amide bonds. The summed E-state index contributed by atoms with van der Waals surface area (Å²) in [6.45, 7) is 5.37. The zero-order chi connectivity index (χ0) is 17.9. The van der Waals surface area contributed by atoms with Crippen LogP contribution in [-0.2, 0) is 9.47 Å². The van der Waals surface area contributed by atoms with E-state index < -0.39 is 0 Å². The Morgan fingerprint density at radius 3 is 3.00 bits per heavy atom. The van der Waals surface area contributed by atoms with Gasteiger partial charge in [-0.1, -0.05) is 22.0 Å². The van der Waals surface area contributed by atoms with Crippen LogP contribution in [0.3, 0.4) is 0 Å². The van der Waals surface area contributed by atoms with Crippen molar-refractivity contribution in [2.75, 3.05) is 60.2 Å². The number of benzene rings is 1. The molecule has 0 saturated carbocycles. The van der Waals surface area contributed by atoms with Gasteiger partial charge in [0.1, 0.15) is 12.4 Å². The van der Waals surface area contributed by atoms with Crippen molar-refractivity contribution in [3.63, 3.8) is 0 Å². The van der Waals surface area contributed by atoms with Gasteiger partial charge in [0, 0.05) is 37.6 Å². The lowest BCUT2D eigenvalue weighted by atomic mass is 10.1. The van der Waals surface area contributed by atoms with E-state index in [-0.39, 0.29) is 0 Å². The Bertz CT molecular complexity index is 542. The van der Waals surface area contributed by atoms with E-state index in [1.165, 1.54) is 0 Å². The van der Waals surface area contributed by atoms with E-state index in [0.717, 1.165) is 42.3 Å². The van der Waals surface area contributed by atoms with Crippen LogP contribution in [0.5, 0.6) is 5.75 Å². The Labute approximate surface area is 158 Å². The molecule has 0 bridgehead atoms. The quantitative estimate of drug-likeness (QED) is 0.382. The van der Waals surface area contributed by atoms with E-state index in [0.29, 0.717) is 32.3 Å². The monoisotopic (exact) mass is 413 g/mol. The predicted octanol–water partition coefficient (Wildman–Crippen LogP) is 2.39. The van der Waals surface area contributed by atoms with Crippen molar-refractivity contribution in [3.8, 4) is 5.75 Å². The highest BCUT2D eigenvalue weighted by Crippen LogP contribution is 2.18. The lowest BCUT2D eigenvalue weighted by Crippen LogP contribution is -2.41. The molecule has 7 heteroatoms. The highest BCUT2D eigenvalue weighted by atomic mass is 79.9. The van der Waals surface area contributed by atoms with Gasteiger partial charge < -0.3 is 24.4 Å². The minimum atomic E-state index is 0.549. The van der Waals surface area contributed by atoms with Crippen LogP contribution in [0.4, 0.5) is 0 Å². The van der Waals surface area contributed by atoms with E-state index in [1.54, 1.807) is 7.11 Å². The zero-order valence-electron chi connectivity index (χ0n) is 15.0. The molecule has 1 N–H and O–H groups in total. The lowest BCUT2D eigenvalue weighted by Gasteiger charge is -2.21. The molecule has 0 spiro atoms. The Morgan fingerprint density at radius 2 is 2.24 bits per heavy atom. The number of hydrogen-bond donors (Lipinski definition) is 1. The van der Waals surface area contributed by atoms with Crippen LogP contribution < -0.4 is 10.1 Å². The molecule has 1 heterocycles. The van der Waals surface area contributed by atoms with Crippen molar-refractivity contribution in [2.24, 2.45) is 10.9 Å². The summed E-state index contributed by atoms with van der Waals surface area (Å²) in [5, 5.41) is 3.37. The van der Waals surface area contributed by atoms with Crippen LogP contribution in [-0.4, -0.2) is 71.1 Å². The van der Waals surface area contributed by atoms with Gasteiger partial charge in [0.05, 0.1) is 26.4 Å². The van der Waals surface area contributed by atoms with Gasteiger partial charge in [-0.05, 0) is 24.6 Å². The number of rotatable bonds is 9. The van der Waals surface area contributed by atoms with Crippen molar-refractivity contribution in [1.29, 1.82) is 0 Å². The molecule has 1 atom stereocenters. The largest absolute Gasteiger partial charge is 0.492 e. The molecule has 0 aliphatic carbocycles. The second-order valence-electron chi connectivity index (χ2n) is 5.95. The smallest absolute Gasteiger partial charge is 0.193 e. The maximum Gasteiger partial charge on any atom is 0.193 e. The maximum absolute atomic E-state index is 5.74. The van der Waals surface area contributed by atoms with Crippen LogP contribution in [0.15, 0.2) is 33.7 Å². The Balaban J connectivity index is 1.65. The standard InChI is InChI=1S/C18H28BrN3O3/c1-20-18(21-7-9-25-17-5-3-4-16(19)12-17)22-8-6-15(13-22)14-24-11-10-23-2/h3-5,12,15H,6-11,13-14H2,1-2H3,(H,20,21). The molecule has 0 radical (unpaired) electrons. The van der Waals surface area contributed by atoms with Gasteiger partial charge in [-0.15, -0.1) is 0 Å². The summed E-state index contributed by atoms with van der Waals surface area (Å²) in [5.74, 6) is 2.34. The summed E-state index contributed by atoms with van der Waals surface area (Å²) in [5.41, 5.74) is 0. The second kappa shape index (κ2) is 11.3. The number of ether oxygens (including phenoxy) is 3. The van der Waals surface area contributed by atoms with Crippen LogP contribution in [0.2, 0.25) is 0 Å². The predicted molar refractivity (Wildman–Crippen MR) is 103 cm³/mol. The zero-order valence-corrected chi connectivity index (χ0v) is 16.6. The number of halogens is 1. The van der Waals surface area contributed by atoms with Crippen molar-refractivity contribution < 1.29 is 14.2 Å². The van der Waals surface area contributed by atoms with Gasteiger partial charge in [0.2, 0.25) is 0 Å². The molecule has 1 fully saturated rings. The van der Waals surface area contributed by atoms with Crippen molar-refractivity contribution in [1.82, 2.24) is 10.2 Å². The molecule has 1 aromatic rings. The first-order valence-corrected chi connectivity index (χ1v) is 9.43. The highest BCUT2D eigenvalue weighted by molar-refractivity contribution is 9.10.